The Morgan fingerprint density at radius 1 is 1.00 bits per heavy atom. The lowest BCUT2D eigenvalue weighted by atomic mass is 9.99. The summed E-state index contributed by atoms with van der Waals surface area (Å²) >= 11 is 0. The molecule has 0 heterocycles. The average molecular weight is 311 g/mol. The maximum Gasteiger partial charge on any atom is 0.323 e. The molecule has 0 saturated carbocycles. The van der Waals surface area contributed by atoms with Gasteiger partial charge in [-0.15, -0.1) is 0 Å². The first-order valence-corrected chi connectivity index (χ1v) is 7.67. The molecule has 4 heteroatoms. The quantitative estimate of drug-likeness (QED) is 0.855. The lowest BCUT2D eigenvalue weighted by Gasteiger charge is -2.24. The Balaban J connectivity index is 2.07. The van der Waals surface area contributed by atoms with Gasteiger partial charge in [0.25, 0.3) is 0 Å². The minimum absolute atomic E-state index is 0.158. The molecule has 120 valence electrons. The van der Waals surface area contributed by atoms with Crippen molar-refractivity contribution in [1.82, 2.24) is 4.90 Å². The molecule has 2 aromatic rings. The molecule has 0 spiro atoms. The summed E-state index contributed by atoms with van der Waals surface area (Å²) in [6, 6.07) is 19.2. The van der Waals surface area contributed by atoms with Crippen LogP contribution in [-0.4, -0.2) is 35.0 Å². The van der Waals surface area contributed by atoms with E-state index in [9.17, 15) is 9.59 Å². The number of aliphatic carboxylic acids is 1. The van der Waals surface area contributed by atoms with Crippen LogP contribution in [0.3, 0.4) is 0 Å². The van der Waals surface area contributed by atoms with Crippen LogP contribution in [0.5, 0.6) is 0 Å². The number of carbonyl (C=O) groups excluding carboxylic acids is 1. The highest BCUT2D eigenvalue weighted by Gasteiger charge is 2.23. The van der Waals surface area contributed by atoms with Crippen LogP contribution in [-0.2, 0) is 16.0 Å². The van der Waals surface area contributed by atoms with E-state index in [1.165, 1.54) is 4.90 Å². The molecule has 23 heavy (non-hydrogen) atoms. The molecule has 0 aromatic heterocycles. The summed E-state index contributed by atoms with van der Waals surface area (Å²) in [5.74, 6) is -1.51. The third-order valence-corrected chi connectivity index (χ3v) is 3.82. The fourth-order valence-electron chi connectivity index (χ4n) is 2.50. The van der Waals surface area contributed by atoms with Crippen molar-refractivity contribution in [3.63, 3.8) is 0 Å². The van der Waals surface area contributed by atoms with Gasteiger partial charge in [0.15, 0.2) is 0 Å². The highest BCUT2D eigenvalue weighted by atomic mass is 16.4. The van der Waals surface area contributed by atoms with Gasteiger partial charge < -0.3 is 10.0 Å². The molecule has 0 aliphatic carbocycles. The summed E-state index contributed by atoms with van der Waals surface area (Å²) in [4.78, 5) is 25.2. The van der Waals surface area contributed by atoms with Crippen LogP contribution in [0.25, 0.3) is 0 Å². The molecule has 0 bridgehead atoms. The maximum atomic E-state index is 12.7. The van der Waals surface area contributed by atoms with E-state index in [4.69, 9.17) is 5.11 Å². The smallest absolute Gasteiger partial charge is 0.323 e. The molecular weight excluding hydrogens is 290 g/mol. The van der Waals surface area contributed by atoms with Crippen molar-refractivity contribution >= 4 is 11.9 Å². The van der Waals surface area contributed by atoms with E-state index < -0.39 is 5.97 Å². The van der Waals surface area contributed by atoms with Gasteiger partial charge in [0, 0.05) is 6.54 Å². The number of amides is 1. The number of hydrogen-bond donors (Lipinski definition) is 1. The van der Waals surface area contributed by atoms with E-state index in [-0.39, 0.29) is 18.4 Å². The van der Waals surface area contributed by atoms with Crippen LogP contribution in [0.15, 0.2) is 60.7 Å². The first-order valence-electron chi connectivity index (χ1n) is 7.67. The van der Waals surface area contributed by atoms with Gasteiger partial charge in [-0.05, 0) is 24.5 Å². The number of benzene rings is 2. The highest BCUT2D eigenvalue weighted by molar-refractivity contribution is 5.86. The number of hydrogen-bond acceptors (Lipinski definition) is 2. The highest BCUT2D eigenvalue weighted by Crippen LogP contribution is 2.18. The zero-order valence-corrected chi connectivity index (χ0v) is 13.2. The van der Waals surface area contributed by atoms with Crippen molar-refractivity contribution in [3.8, 4) is 0 Å². The molecule has 2 aromatic carbocycles. The summed E-state index contributed by atoms with van der Waals surface area (Å²) in [6.45, 7) is 1.93. The molecule has 1 atom stereocenters. The minimum Gasteiger partial charge on any atom is -0.480 e. The summed E-state index contributed by atoms with van der Waals surface area (Å²) < 4.78 is 0. The predicted octanol–water partition coefficient (Wildman–Crippen LogP) is 2.95. The number of rotatable bonds is 7. The van der Waals surface area contributed by atoms with Crippen molar-refractivity contribution in [2.24, 2.45) is 0 Å². The monoisotopic (exact) mass is 311 g/mol. The van der Waals surface area contributed by atoms with Gasteiger partial charge in [0.2, 0.25) is 5.91 Å². The van der Waals surface area contributed by atoms with Crippen LogP contribution >= 0.6 is 0 Å². The van der Waals surface area contributed by atoms with Gasteiger partial charge in [-0.3, -0.25) is 9.59 Å². The third-order valence-electron chi connectivity index (χ3n) is 3.82. The molecule has 1 amide bonds. The number of carbonyl (C=O) groups is 2. The third kappa shape index (κ3) is 4.95. The van der Waals surface area contributed by atoms with Crippen molar-refractivity contribution in [3.05, 3.63) is 71.8 Å². The second-order valence-electron chi connectivity index (χ2n) is 5.52. The van der Waals surface area contributed by atoms with Gasteiger partial charge >= 0.3 is 5.97 Å². The van der Waals surface area contributed by atoms with Gasteiger partial charge in [0.05, 0.1) is 5.92 Å². The van der Waals surface area contributed by atoms with Crippen LogP contribution in [0, 0.1) is 0 Å². The largest absolute Gasteiger partial charge is 0.480 e. The van der Waals surface area contributed by atoms with Crippen molar-refractivity contribution in [2.75, 3.05) is 13.1 Å². The van der Waals surface area contributed by atoms with Crippen molar-refractivity contribution in [2.45, 2.75) is 19.3 Å². The Morgan fingerprint density at radius 2 is 1.57 bits per heavy atom. The van der Waals surface area contributed by atoms with E-state index in [2.05, 4.69) is 0 Å². The normalized spacial score (nSPS) is 11.7. The Kier molecular flexibility index (Phi) is 5.92. The molecule has 1 N–H and O–H groups in total. The standard InChI is InChI=1S/C19H21NO3/c1-15(17-10-6-3-7-11-17)19(23)20(14-18(21)22)13-12-16-8-4-2-5-9-16/h2-11,15H,12-14H2,1H3,(H,21,22). The second-order valence-corrected chi connectivity index (χ2v) is 5.52. The Morgan fingerprint density at radius 3 is 2.13 bits per heavy atom. The fourth-order valence-corrected chi connectivity index (χ4v) is 2.50. The van der Waals surface area contributed by atoms with E-state index in [1.54, 1.807) is 0 Å². The summed E-state index contributed by atoms with van der Waals surface area (Å²) in [7, 11) is 0. The molecular formula is C19H21NO3. The number of carboxylic acid groups (broad SMARTS) is 1. The van der Waals surface area contributed by atoms with E-state index in [0.29, 0.717) is 13.0 Å². The molecule has 0 saturated heterocycles. The minimum atomic E-state index is -0.994. The average Bonchev–Trinajstić information content (AvgIpc) is 2.58. The Hall–Kier alpha value is -2.62. The molecule has 4 nitrogen and oxygen atoms in total. The van der Waals surface area contributed by atoms with Crippen LogP contribution < -0.4 is 0 Å². The summed E-state index contributed by atoms with van der Waals surface area (Å²) in [5, 5.41) is 9.09. The van der Waals surface area contributed by atoms with Crippen molar-refractivity contribution < 1.29 is 14.7 Å². The van der Waals surface area contributed by atoms with E-state index >= 15 is 0 Å². The van der Waals surface area contributed by atoms with Crippen LogP contribution in [0.1, 0.15) is 24.0 Å². The molecule has 2 rings (SSSR count). The van der Waals surface area contributed by atoms with Gasteiger partial charge in [-0.1, -0.05) is 60.7 Å². The van der Waals surface area contributed by atoms with Gasteiger partial charge in [0.1, 0.15) is 6.54 Å². The lowest BCUT2D eigenvalue weighted by Crippen LogP contribution is -2.39. The Labute approximate surface area is 136 Å². The lowest BCUT2D eigenvalue weighted by molar-refractivity contribution is -0.144. The molecule has 0 aliphatic rings. The predicted molar refractivity (Wildman–Crippen MR) is 89.2 cm³/mol. The maximum absolute atomic E-state index is 12.7. The van der Waals surface area contributed by atoms with Crippen LogP contribution in [0.2, 0.25) is 0 Å². The van der Waals surface area contributed by atoms with Crippen LogP contribution in [0.4, 0.5) is 0 Å². The van der Waals surface area contributed by atoms with Gasteiger partial charge in [-0.2, -0.15) is 0 Å². The zero-order valence-electron chi connectivity index (χ0n) is 13.2. The zero-order chi connectivity index (χ0) is 16.7. The number of carboxylic acids is 1. The molecule has 0 aliphatic heterocycles. The fraction of sp³-hybridized carbons (Fsp3) is 0.263. The summed E-state index contributed by atoms with van der Waals surface area (Å²) in [6.07, 6.45) is 0.640. The first kappa shape index (κ1) is 16.7. The van der Waals surface area contributed by atoms with E-state index in [0.717, 1.165) is 11.1 Å². The topological polar surface area (TPSA) is 57.6 Å². The summed E-state index contributed by atoms with van der Waals surface area (Å²) in [5.41, 5.74) is 1.98. The number of nitrogens with zero attached hydrogens (tertiary/aromatic N) is 1. The second kappa shape index (κ2) is 8.13. The SMILES string of the molecule is CC(C(=O)N(CCc1ccccc1)CC(=O)O)c1ccccc1. The van der Waals surface area contributed by atoms with Gasteiger partial charge in [-0.25, -0.2) is 0 Å². The Bertz CT molecular complexity index is 640. The van der Waals surface area contributed by atoms with E-state index in [1.807, 2.05) is 67.6 Å². The van der Waals surface area contributed by atoms with Crippen molar-refractivity contribution in [1.29, 1.82) is 0 Å². The first-order chi connectivity index (χ1) is 11.1. The molecule has 0 fully saturated rings. The molecule has 0 radical (unpaired) electrons. The molecule has 1 unspecified atom stereocenters.